The van der Waals surface area contributed by atoms with Gasteiger partial charge in [0, 0.05) is 41.7 Å². The first-order chi connectivity index (χ1) is 18.0. The van der Waals surface area contributed by atoms with Gasteiger partial charge in [0.05, 0.1) is 5.52 Å². The molecule has 0 atom stereocenters. The Kier molecular flexibility index (Phi) is 7.37. The summed E-state index contributed by atoms with van der Waals surface area (Å²) in [5.74, 6) is 0.597. The van der Waals surface area contributed by atoms with Crippen LogP contribution in [0, 0.1) is 6.92 Å². The molecule has 7 nitrogen and oxygen atoms in total. The van der Waals surface area contributed by atoms with Crippen LogP contribution in [0.15, 0.2) is 89.7 Å². The highest BCUT2D eigenvalue weighted by molar-refractivity contribution is 7.08. The number of carbonyl (C=O) groups is 1. The van der Waals surface area contributed by atoms with Crippen LogP contribution in [0.2, 0.25) is 0 Å². The molecule has 0 aliphatic rings. The van der Waals surface area contributed by atoms with Crippen LogP contribution in [0.3, 0.4) is 0 Å². The summed E-state index contributed by atoms with van der Waals surface area (Å²) >= 11 is 1.07. The van der Waals surface area contributed by atoms with Crippen LogP contribution in [0.25, 0.3) is 10.9 Å². The molecule has 1 N–H and O–H groups in total. The Bertz CT molecular complexity index is 1560. The minimum absolute atomic E-state index is 0.0889. The van der Waals surface area contributed by atoms with Crippen LogP contribution in [0.4, 0.5) is 0 Å². The lowest BCUT2D eigenvalue weighted by atomic mass is 10.1. The van der Waals surface area contributed by atoms with E-state index in [4.69, 9.17) is 4.74 Å². The van der Waals surface area contributed by atoms with Gasteiger partial charge in [0.2, 0.25) is 0 Å². The van der Waals surface area contributed by atoms with Crippen molar-refractivity contribution in [3.63, 3.8) is 0 Å². The minimum atomic E-state index is -0.193. The predicted molar refractivity (Wildman–Crippen MR) is 145 cm³/mol. The number of H-pyrrole nitrogens is 1. The number of rotatable bonds is 9. The van der Waals surface area contributed by atoms with Crippen LogP contribution < -0.4 is 9.61 Å². The zero-order valence-electron chi connectivity index (χ0n) is 20.4. The van der Waals surface area contributed by atoms with Gasteiger partial charge in [-0.15, -0.1) is 0 Å². The number of hydrogen-bond acceptors (Lipinski definition) is 6. The summed E-state index contributed by atoms with van der Waals surface area (Å²) in [6.07, 6.45) is 0.502. The van der Waals surface area contributed by atoms with Crippen LogP contribution >= 0.6 is 11.3 Å². The Balaban J connectivity index is 1.29. The number of aromatic amines is 1. The maximum atomic E-state index is 13.4. The first-order valence-electron chi connectivity index (χ1n) is 12.0. The number of benzene rings is 3. The Labute approximate surface area is 218 Å². The number of fused-ring (bicyclic) bond motifs is 1. The van der Waals surface area contributed by atoms with Crippen molar-refractivity contribution in [3.05, 3.63) is 122 Å². The van der Waals surface area contributed by atoms with Gasteiger partial charge in [-0.05, 0) is 48.9 Å². The smallest absolute Gasteiger partial charge is 0.322 e. The number of ether oxygens (including phenoxy) is 1. The molecule has 3 aromatic carbocycles. The molecule has 0 bridgehead atoms. The van der Waals surface area contributed by atoms with E-state index in [9.17, 15) is 9.59 Å². The second-order valence-corrected chi connectivity index (χ2v) is 9.77. The lowest BCUT2D eigenvalue weighted by Gasteiger charge is -2.23. The molecule has 5 aromatic rings. The highest BCUT2D eigenvalue weighted by Gasteiger charge is 2.17. The number of nitrogens with one attached hydrogen (secondary N) is 1. The molecule has 0 aliphatic carbocycles. The van der Waals surface area contributed by atoms with E-state index in [0.717, 1.165) is 39.1 Å². The highest BCUT2D eigenvalue weighted by atomic mass is 32.1. The van der Waals surface area contributed by atoms with E-state index in [-0.39, 0.29) is 10.8 Å². The van der Waals surface area contributed by atoms with Crippen molar-refractivity contribution in [2.75, 3.05) is 6.54 Å². The third-order valence-electron chi connectivity index (χ3n) is 6.01. The average Bonchev–Trinajstić information content (AvgIpc) is 3.35. The quantitative estimate of drug-likeness (QED) is 0.296. The van der Waals surface area contributed by atoms with Gasteiger partial charge in [-0.25, -0.2) is 5.10 Å². The van der Waals surface area contributed by atoms with Crippen molar-refractivity contribution in [2.24, 2.45) is 0 Å². The fourth-order valence-corrected chi connectivity index (χ4v) is 4.80. The molecule has 8 heteroatoms. The van der Waals surface area contributed by atoms with E-state index in [1.807, 2.05) is 79.7 Å². The Morgan fingerprint density at radius 1 is 1.00 bits per heavy atom. The summed E-state index contributed by atoms with van der Waals surface area (Å²) in [7, 11) is 0. The molecular formula is C29H26N4O3S. The molecular weight excluding hydrogens is 484 g/mol. The third-order valence-corrected chi connectivity index (χ3v) is 6.81. The standard InChI is InChI=1S/C29H26N4O3S/c1-20-17-23(25-9-5-6-10-26(25)30-20)19-36-24-13-11-22(12-14-24)28(34)33(18-21-7-3-2-4-8-21)16-15-27-31-32-29(35)37-27/h2-14,17H,15-16,18-19H2,1H3,(H,32,35). The largest absolute Gasteiger partial charge is 0.489 e. The molecule has 186 valence electrons. The molecule has 37 heavy (non-hydrogen) atoms. The summed E-state index contributed by atoms with van der Waals surface area (Å²) in [5.41, 5.74) is 4.56. The molecule has 0 spiro atoms. The van der Waals surface area contributed by atoms with Crippen molar-refractivity contribution in [1.82, 2.24) is 20.1 Å². The van der Waals surface area contributed by atoms with E-state index in [1.165, 1.54) is 0 Å². The van der Waals surface area contributed by atoms with Gasteiger partial charge in [0.25, 0.3) is 5.91 Å². The van der Waals surface area contributed by atoms with E-state index < -0.39 is 0 Å². The summed E-state index contributed by atoms with van der Waals surface area (Å²) in [4.78, 5) is 31.1. The van der Waals surface area contributed by atoms with Crippen molar-refractivity contribution in [2.45, 2.75) is 26.5 Å². The Hall–Kier alpha value is -4.30. The molecule has 1 amide bonds. The molecule has 0 unspecified atom stereocenters. The molecule has 2 aromatic heterocycles. The van der Waals surface area contributed by atoms with E-state index in [1.54, 1.807) is 17.0 Å². The maximum Gasteiger partial charge on any atom is 0.322 e. The number of aryl methyl sites for hydroxylation is 1. The fraction of sp³-hybridized carbons (Fsp3) is 0.172. The van der Waals surface area contributed by atoms with Gasteiger partial charge in [0.15, 0.2) is 0 Å². The van der Waals surface area contributed by atoms with Crippen LogP contribution in [0.5, 0.6) is 5.75 Å². The van der Waals surface area contributed by atoms with Crippen molar-refractivity contribution >= 4 is 28.1 Å². The van der Waals surface area contributed by atoms with Crippen LogP contribution in [0.1, 0.15) is 32.2 Å². The van der Waals surface area contributed by atoms with E-state index in [0.29, 0.717) is 42.4 Å². The Morgan fingerprint density at radius 2 is 1.76 bits per heavy atom. The monoisotopic (exact) mass is 510 g/mol. The first kappa shape index (κ1) is 24.4. The van der Waals surface area contributed by atoms with Gasteiger partial charge in [-0.2, -0.15) is 5.10 Å². The summed E-state index contributed by atoms with van der Waals surface area (Å²) in [6.45, 7) is 3.29. The number of para-hydroxylation sites is 1. The Morgan fingerprint density at radius 3 is 2.51 bits per heavy atom. The molecule has 0 saturated heterocycles. The molecule has 0 radical (unpaired) electrons. The zero-order chi connectivity index (χ0) is 25.6. The van der Waals surface area contributed by atoms with Crippen molar-refractivity contribution < 1.29 is 9.53 Å². The summed E-state index contributed by atoms with van der Waals surface area (Å²) in [6, 6.07) is 27.1. The first-order valence-corrected chi connectivity index (χ1v) is 12.8. The summed E-state index contributed by atoms with van der Waals surface area (Å²) in [5, 5.41) is 8.22. The average molecular weight is 511 g/mol. The normalized spacial score (nSPS) is 10.9. The van der Waals surface area contributed by atoms with E-state index >= 15 is 0 Å². The van der Waals surface area contributed by atoms with Crippen molar-refractivity contribution in [1.29, 1.82) is 0 Å². The molecule has 0 aliphatic heterocycles. The third kappa shape index (κ3) is 6.10. The minimum Gasteiger partial charge on any atom is -0.489 e. The number of amides is 1. The number of hydrogen-bond donors (Lipinski definition) is 1. The maximum absolute atomic E-state index is 13.4. The lowest BCUT2D eigenvalue weighted by molar-refractivity contribution is 0.0745. The number of nitrogens with zero attached hydrogens (tertiary/aromatic N) is 3. The van der Waals surface area contributed by atoms with Crippen LogP contribution in [-0.2, 0) is 19.6 Å². The molecule has 0 fully saturated rings. The van der Waals surface area contributed by atoms with Crippen molar-refractivity contribution in [3.8, 4) is 5.75 Å². The van der Waals surface area contributed by atoms with E-state index in [2.05, 4.69) is 15.2 Å². The number of aromatic nitrogens is 3. The van der Waals surface area contributed by atoms with Gasteiger partial charge < -0.3 is 9.64 Å². The predicted octanol–water partition coefficient (Wildman–Crippen LogP) is 5.15. The lowest BCUT2D eigenvalue weighted by Crippen LogP contribution is -2.32. The fourth-order valence-electron chi connectivity index (χ4n) is 4.21. The number of pyridine rings is 1. The molecule has 5 rings (SSSR count). The second kappa shape index (κ2) is 11.2. The highest BCUT2D eigenvalue weighted by Crippen LogP contribution is 2.22. The van der Waals surface area contributed by atoms with Gasteiger partial charge in [-0.1, -0.05) is 59.9 Å². The second-order valence-electron chi connectivity index (χ2n) is 8.72. The topological polar surface area (TPSA) is 88.2 Å². The summed E-state index contributed by atoms with van der Waals surface area (Å²) < 4.78 is 6.06. The van der Waals surface area contributed by atoms with Crippen LogP contribution in [-0.4, -0.2) is 32.5 Å². The van der Waals surface area contributed by atoms with Gasteiger partial charge in [0.1, 0.15) is 17.4 Å². The molecule has 0 saturated carbocycles. The number of carbonyl (C=O) groups excluding carboxylic acids is 1. The molecule has 2 heterocycles. The SMILES string of the molecule is Cc1cc(COc2ccc(C(=O)N(CCc3n[nH]c(=O)s3)Cc3ccccc3)cc2)c2ccccc2n1. The van der Waals surface area contributed by atoms with Gasteiger partial charge >= 0.3 is 4.87 Å². The van der Waals surface area contributed by atoms with Gasteiger partial charge in [-0.3, -0.25) is 14.6 Å². The zero-order valence-corrected chi connectivity index (χ0v) is 21.2.